The van der Waals surface area contributed by atoms with E-state index >= 15 is 0 Å². The largest absolute Gasteiger partial charge is 0.454 e. The van der Waals surface area contributed by atoms with Crippen molar-refractivity contribution in [1.82, 2.24) is 5.32 Å². The molecule has 0 aliphatic rings. The molecule has 0 saturated carbocycles. The van der Waals surface area contributed by atoms with Crippen molar-refractivity contribution in [2.75, 3.05) is 7.05 Å². The fourth-order valence-electron chi connectivity index (χ4n) is 1.78. The lowest BCUT2D eigenvalue weighted by molar-refractivity contribution is 0.281. The Balaban J connectivity index is 2.18. The van der Waals surface area contributed by atoms with Gasteiger partial charge in [0.15, 0.2) is 11.6 Å². The zero-order valence-corrected chi connectivity index (χ0v) is 10.7. The molecule has 0 aliphatic heterocycles. The Morgan fingerprint density at radius 2 is 2.00 bits per heavy atom. The molecule has 2 aromatic carbocycles. The number of rotatable bonds is 5. The van der Waals surface area contributed by atoms with Crippen molar-refractivity contribution < 1.29 is 14.2 Å². The molecule has 19 heavy (non-hydrogen) atoms. The summed E-state index contributed by atoms with van der Waals surface area (Å²) in [5.74, 6) is 0.281. The first-order valence-corrected chi connectivity index (χ1v) is 6.03. The number of halogens is 1. The van der Waals surface area contributed by atoms with E-state index in [2.05, 4.69) is 5.32 Å². The summed E-state index contributed by atoms with van der Waals surface area (Å²) in [6.45, 7) is 0.540. The van der Waals surface area contributed by atoms with Gasteiger partial charge in [-0.05, 0) is 42.4 Å². The second-order valence-corrected chi connectivity index (χ2v) is 4.20. The molecule has 2 N–H and O–H groups in total. The van der Waals surface area contributed by atoms with Gasteiger partial charge in [-0.15, -0.1) is 0 Å². The van der Waals surface area contributed by atoms with Crippen LogP contribution in [0.3, 0.4) is 0 Å². The van der Waals surface area contributed by atoms with Gasteiger partial charge in [-0.1, -0.05) is 18.2 Å². The van der Waals surface area contributed by atoms with Gasteiger partial charge in [-0.2, -0.15) is 0 Å². The van der Waals surface area contributed by atoms with E-state index in [1.54, 1.807) is 30.3 Å². The molecule has 0 aromatic heterocycles. The van der Waals surface area contributed by atoms with Crippen LogP contribution in [0, 0.1) is 5.82 Å². The van der Waals surface area contributed by atoms with Crippen LogP contribution in [0.5, 0.6) is 11.5 Å². The van der Waals surface area contributed by atoms with Gasteiger partial charge in [0.1, 0.15) is 5.75 Å². The summed E-state index contributed by atoms with van der Waals surface area (Å²) >= 11 is 0. The van der Waals surface area contributed by atoms with Gasteiger partial charge in [-0.25, -0.2) is 4.39 Å². The highest BCUT2D eigenvalue weighted by atomic mass is 19.1. The standard InChI is InChI=1S/C15H16FNO2/c1-17-9-11-5-6-15(14(16)8-11)19-13-4-2-3-12(7-13)10-18/h2-8,17-18H,9-10H2,1H3. The lowest BCUT2D eigenvalue weighted by Gasteiger charge is -2.09. The third-order valence-electron chi connectivity index (χ3n) is 2.69. The molecule has 0 amide bonds. The quantitative estimate of drug-likeness (QED) is 0.869. The lowest BCUT2D eigenvalue weighted by Crippen LogP contribution is -2.05. The lowest BCUT2D eigenvalue weighted by atomic mass is 10.2. The van der Waals surface area contributed by atoms with Crippen molar-refractivity contribution in [3.05, 3.63) is 59.4 Å². The van der Waals surface area contributed by atoms with E-state index in [4.69, 9.17) is 9.84 Å². The SMILES string of the molecule is CNCc1ccc(Oc2cccc(CO)c2)c(F)c1. The fourth-order valence-corrected chi connectivity index (χ4v) is 1.78. The first kappa shape index (κ1) is 13.5. The third kappa shape index (κ3) is 3.53. The van der Waals surface area contributed by atoms with Crippen molar-refractivity contribution in [3.63, 3.8) is 0 Å². The molecule has 0 spiro atoms. The minimum Gasteiger partial charge on any atom is -0.454 e. The maximum Gasteiger partial charge on any atom is 0.166 e. The van der Waals surface area contributed by atoms with Crippen LogP contribution in [-0.4, -0.2) is 12.2 Å². The van der Waals surface area contributed by atoms with Crippen LogP contribution in [0.1, 0.15) is 11.1 Å². The van der Waals surface area contributed by atoms with Crippen molar-refractivity contribution >= 4 is 0 Å². The van der Waals surface area contributed by atoms with E-state index < -0.39 is 5.82 Å². The molecule has 0 heterocycles. The van der Waals surface area contributed by atoms with Crippen molar-refractivity contribution in [3.8, 4) is 11.5 Å². The number of benzene rings is 2. The number of aliphatic hydroxyl groups excluding tert-OH is 1. The summed E-state index contributed by atoms with van der Waals surface area (Å²) in [7, 11) is 1.81. The first-order chi connectivity index (χ1) is 9.22. The van der Waals surface area contributed by atoms with E-state index in [-0.39, 0.29) is 12.4 Å². The van der Waals surface area contributed by atoms with Crippen LogP contribution in [0.2, 0.25) is 0 Å². The molecule has 2 aromatic rings. The maximum atomic E-state index is 13.8. The molecule has 2 rings (SSSR count). The van der Waals surface area contributed by atoms with E-state index in [1.807, 2.05) is 13.1 Å². The molecule has 100 valence electrons. The zero-order chi connectivity index (χ0) is 13.7. The van der Waals surface area contributed by atoms with Crippen LogP contribution < -0.4 is 10.1 Å². The summed E-state index contributed by atoms with van der Waals surface area (Å²) in [5, 5.41) is 12.0. The Bertz CT molecular complexity index is 558. The molecule has 0 bridgehead atoms. The molecule has 3 nitrogen and oxygen atoms in total. The maximum absolute atomic E-state index is 13.8. The number of aliphatic hydroxyl groups is 1. The van der Waals surface area contributed by atoms with Gasteiger partial charge < -0.3 is 15.2 Å². The predicted octanol–water partition coefficient (Wildman–Crippen LogP) is 2.83. The first-order valence-electron chi connectivity index (χ1n) is 6.03. The summed E-state index contributed by atoms with van der Waals surface area (Å²) in [6.07, 6.45) is 0. The van der Waals surface area contributed by atoms with E-state index in [1.165, 1.54) is 6.07 Å². The second-order valence-electron chi connectivity index (χ2n) is 4.20. The average Bonchev–Trinajstić information content (AvgIpc) is 2.42. The minimum absolute atomic E-state index is 0.0687. The smallest absolute Gasteiger partial charge is 0.166 e. The average molecular weight is 261 g/mol. The van der Waals surface area contributed by atoms with Crippen LogP contribution in [-0.2, 0) is 13.2 Å². The highest BCUT2D eigenvalue weighted by molar-refractivity contribution is 5.36. The summed E-state index contributed by atoms with van der Waals surface area (Å²) in [5.41, 5.74) is 1.58. The fraction of sp³-hybridized carbons (Fsp3) is 0.200. The third-order valence-corrected chi connectivity index (χ3v) is 2.69. The molecule has 4 heteroatoms. The summed E-state index contributed by atoms with van der Waals surface area (Å²) in [4.78, 5) is 0. The molecular weight excluding hydrogens is 245 g/mol. The molecule has 0 aliphatic carbocycles. The van der Waals surface area contributed by atoms with E-state index in [9.17, 15) is 4.39 Å². The van der Waals surface area contributed by atoms with E-state index in [0.717, 1.165) is 11.1 Å². The second kappa shape index (κ2) is 6.31. The van der Waals surface area contributed by atoms with Gasteiger partial charge in [0, 0.05) is 6.54 Å². The number of nitrogens with one attached hydrogen (secondary N) is 1. The topological polar surface area (TPSA) is 41.5 Å². The minimum atomic E-state index is -0.401. The molecule has 0 radical (unpaired) electrons. The highest BCUT2D eigenvalue weighted by Gasteiger charge is 2.06. The van der Waals surface area contributed by atoms with Gasteiger partial charge in [-0.3, -0.25) is 0 Å². The van der Waals surface area contributed by atoms with Crippen molar-refractivity contribution in [1.29, 1.82) is 0 Å². The Morgan fingerprint density at radius 3 is 2.68 bits per heavy atom. The molecule has 0 unspecified atom stereocenters. The summed E-state index contributed by atoms with van der Waals surface area (Å²) in [6, 6.07) is 11.8. The van der Waals surface area contributed by atoms with E-state index in [0.29, 0.717) is 12.3 Å². The van der Waals surface area contributed by atoms with Crippen molar-refractivity contribution in [2.45, 2.75) is 13.2 Å². The number of hydrogen-bond donors (Lipinski definition) is 2. The van der Waals surface area contributed by atoms with Gasteiger partial charge >= 0.3 is 0 Å². The zero-order valence-electron chi connectivity index (χ0n) is 10.7. The van der Waals surface area contributed by atoms with Gasteiger partial charge in [0.05, 0.1) is 6.61 Å². The number of ether oxygens (including phenoxy) is 1. The van der Waals surface area contributed by atoms with Crippen LogP contribution in [0.4, 0.5) is 4.39 Å². The Kier molecular flexibility index (Phi) is 4.49. The molecular formula is C15H16FNO2. The van der Waals surface area contributed by atoms with Crippen molar-refractivity contribution in [2.24, 2.45) is 0 Å². The normalized spacial score (nSPS) is 10.5. The van der Waals surface area contributed by atoms with Gasteiger partial charge in [0.25, 0.3) is 0 Å². The van der Waals surface area contributed by atoms with Gasteiger partial charge in [0.2, 0.25) is 0 Å². The molecule has 0 atom stereocenters. The summed E-state index contributed by atoms with van der Waals surface area (Å²) < 4.78 is 19.3. The molecule has 0 fully saturated rings. The van der Waals surface area contributed by atoms with Crippen LogP contribution >= 0.6 is 0 Å². The molecule has 0 saturated heterocycles. The predicted molar refractivity (Wildman–Crippen MR) is 71.6 cm³/mol. The Labute approximate surface area is 111 Å². The Morgan fingerprint density at radius 1 is 1.16 bits per heavy atom. The number of hydrogen-bond acceptors (Lipinski definition) is 3. The Hall–Kier alpha value is -1.91. The van der Waals surface area contributed by atoms with Crippen LogP contribution in [0.25, 0.3) is 0 Å². The highest BCUT2D eigenvalue weighted by Crippen LogP contribution is 2.25. The van der Waals surface area contributed by atoms with Crippen LogP contribution in [0.15, 0.2) is 42.5 Å². The monoisotopic (exact) mass is 261 g/mol.